The van der Waals surface area contributed by atoms with Crippen LogP contribution in [0.15, 0.2) is 24.3 Å². The number of rotatable bonds is 3. The van der Waals surface area contributed by atoms with Crippen molar-refractivity contribution in [2.75, 3.05) is 5.32 Å². The van der Waals surface area contributed by atoms with Crippen LogP contribution in [0, 0.1) is 0 Å². The van der Waals surface area contributed by atoms with Crippen molar-refractivity contribution in [1.29, 1.82) is 0 Å². The molecule has 1 atom stereocenters. The largest absolute Gasteiger partial charge is 0.350 e. The molecule has 1 rings (SSSR count). The normalized spacial score (nSPS) is 11.7. The molecule has 2 N–H and O–H groups in total. The molecule has 0 heterocycles. The van der Waals surface area contributed by atoms with Gasteiger partial charge < -0.3 is 10.6 Å². The molecule has 0 radical (unpaired) electrons. The third kappa shape index (κ3) is 3.73. The van der Waals surface area contributed by atoms with Crippen LogP contribution in [0.3, 0.4) is 0 Å². The summed E-state index contributed by atoms with van der Waals surface area (Å²) in [5.74, 6) is -0.152. The first-order chi connectivity index (χ1) is 7.49. The van der Waals surface area contributed by atoms with E-state index in [0.717, 1.165) is 11.3 Å². The SMILES string of the molecule is CC(=O)Nc1ccc([C@@H](C)NC(C)=O)cc1. The summed E-state index contributed by atoms with van der Waals surface area (Å²) in [6.45, 7) is 4.87. The van der Waals surface area contributed by atoms with Gasteiger partial charge in [0.25, 0.3) is 0 Å². The first-order valence-corrected chi connectivity index (χ1v) is 5.13. The highest BCUT2D eigenvalue weighted by Crippen LogP contribution is 2.15. The van der Waals surface area contributed by atoms with Gasteiger partial charge in [0, 0.05) is 19.5 Å². The van der Waals surface area contributed by atoms with E-state index in [9.17, 15) is 9.59 Å². The van der Waals surface area contributed by atoms with Crippen LogP contribution >= 0.6 is 0 Å². The van der Waals surface area contributed by atoms with E-state index >= 15 is 0 Å². The van der Waals surface area contributed by atoms with Gasteiger partial charge in [-0.05, 0) is 24.6 Å². The van der Waals surface area contributed by atoms with Crippen LogP contribution in [-0.2, 0) is 9.59 Å². The Morgan fingerprint density at radius 2 is 1.62 bits per heavy atom. The second-order valence-electron chi connectivity index (χ2n) is 3.73. The summed E-state index contributed by atoms with van der Waals surface area (Å²) in [5, 5.41) is 5.48. The van der Waals surface area contributed by atoms with Gasteiger partial charge in [0.1, 0.15) is 0 Å². The Kier molecular flexibility index (Phi) is 4.05. The molecule has 4 nitrogen and oxygen atoms in total. The Balaban J connectivity index is 2.70. The summed E-state index contributed by atoms with van der Waals surface area (Å²) in [6, 6.07) is 7.37. The van der Waals surface area contributed by atoms with Crippen molar-refractivity contribution in [3.63, 3.8) is 0 Å². The van der Waals surface area contributed by atoms with E-state index in [1.54, 1.807) is 0 Å². The molecule has 1 aromatic carbocycles. The molecule has 0 bridgehead atoms. The molecule has 0 saturated heterocycles. The lowest BCUT2D eigenvalue weighted by Crippen LogP contribution is -2.23. The molecule has 0 saturated carbocycles. The van der Waals surface area contributed by atoms with E-state index in [0.29, 0.717) is 0 Å². The van der Waals surface area contributed by atoms with E-state index < -0.39 is 0 Å². The molecule has 0 spiro atoms. The number of hydrogen-bond donors (Lipinski definition) is 2. The molecule has 0 aromatic heterocycles. The van der Waals surface area contributed by atoms with E-state index in [1.807, 2.05) is 31.2 Å². The Morgan fingerprint density at radius 3 is 2.06 bits per heavy atom. The fourth-order valence-electron chi connectivity index (χ4n) is 1.45. The van der Waals surface area contributed by atoms with Crippen LogP contribution in [-0.4, -0.2) is 11.8 Å². The summed E-state index contributed by atoms with van der Waals surface area (Å²) >= 11 is 0. The maximum atomic E-state index is 10.9. The van der Waals surface area contributed by atoms with Crippen molar-refractivity contribution >= 4 is 17.5 Å². The van der Waals surface area contributed by atoms with E-state index in [4.69, 9.17) is 0 Å². The molecule has 16 heavy (non-hydrogen) atoms. The molecule has 0 aliphatic heterocycles. The monoisotopic (exact) mass is 220 g/mol. The van der Waals surface area contributed by atoms with Gasteiger partial charge in [0.15, 0.2) is 0 Å². The zero-order valence-electron chi connectivity index (χ0n) is 9.70. The average molecular weight is 220 g/mol. The summed E-state index contributed by atoms with van der Waals surface area (Å²) < 4.78 is 0. The second-order valence-corrected chi connectivity index (χ2v) is 3.73. The molecular formula is C12H16N2O2. The van der Waals surface area contributed by atoms with Crippen molar-refractivity contribution in [2.24, 2.45) is 0 Å². The summed E-state index contributed by atoms with van der Waals surface area (Å²) in [7, 11) is 0. The Bertz CT molecular complexity index is 385. The van der Waals surface area contributed by atoms with Crippen LogP contribution in [0.2, 0.25) is 0 Å². The number of amides is 2. The van der Waals surface area contributed by atoms with Gasteiger partial charge in [-0.15, -0.1) is 0 Å². The number of nitrogens with one attached hydrogen (secondary N) is 2. The van der Waals surface area contributed by atoms with Crippen molar-refractivity contribution in [3.05, 3.63) is 29.8 Å². The first-order valence-electron chi connectivity index (χ1n) is 5.13. The van der Waals surface area contributed by atoms with E-state index in [-0.39, 0.29) is 17.9 Å². The highest BCUT2D eigenvalue weighted by Gasteiger charge is 2.06. The van der Waals surface area contributed by atoms with Crippen LogP contribution < -0.4 is 10.6 Å². The molecule has 4 heteroatoms. The fraction of sp³-hybridized carbons (Fsp3) is 0.333. The van der Waals surface area contributed by atoms with Gasteiger partial charge in [-0.25, -0.2) is 0 Å². The molecule has 0 aliphatic rings. The van der Waals surface area contributed by atoms with Crippen molar-refractivity contribution in [1.82, 2.24) is 5.32 Å². The number of benzene rings is 1. The Labute approximate surface area is 95.0 Å². The zero-order valence-corrected chi connectivity index (χ0v) is 9.70. The molecule has 1 aromatic rings. The van der Waals surface area contributed by atoms with Gasteiger partial charge in [-0.3, -0.25) is 9.59 Å². The number of anilines is 1. The maximum absolute atomic E-state index is 10.9. The van der Waals surface area contributed by atoms with Crippen LogP contribution in [0.5, 0.6) is 0 Å². The van der Waals surface area contributed by atoms with E-state index in [2.05, 4.69) is 10.6 Å². The molecule has 0 unspecified atom stereocenters. The van der Waals surface area contributed by atoms with Crippen molar-refractivity contribution in [2.45, 2.75) is 26.8 Å². The lowest BCUT2D eigenvalue weighted by molar-refractivity contribution is -0.119. The van der Waals surface area contributed by atoms with Gasteiger partial charge >= 0.3 is 0 Å². The second kappa shape index (κ2) is 5.30. The molecule has 0 fully saturated rings. The van der Waals surface area contributed by atoms with Crippen LogP contribution in [0.1, 0.15) is 32.4 Å². The minimum Gasteiger partial charge on any atom is -0.350 e. The number of carbonyl (C=O) groups is 2. The van der Waals surface area contributed by atoms with Gasteiger partial charge in [-0.2, -0.15) is 0 Å². The van der Waals surface area contributed by atoms with Gasteiger partial charge in [-0.1, -0.05) is 12.1 Å². The summed E-state index contributed by atoms with van der Waals surface area (Å²) in [5.41, 5.74) is 1.76. The quantitative estimate of drug-likeness (QED) is 0.816. The highest BCUT2D eigenvalue weighted by atomic mass is 16.2. The fourth-order valence-corrected chi connectivity index (χ4v) is 1.45. The lowest BCUT2D eigenvalue weighted by Gasteiger charge is -2.13. The molecule has 2 amide bonds. The molecule has 0 aliphatic carbocycles. The predicted octanol–water partition coefficient (Wildman–Crippen LogP) is 1.84. The van der Waals surface area contributed by atoms with Gasteiger partial charge in [0.05, 0.1) is 6.04 Å². The van der Waals surface area contributed by atoms with Crippen molar-refractivity contribution in [3.8, 4) is 0 Å². The highest BCUT2D eigenvalue weighted by molar-refractivity contribution is 5.88. The third-order valence-electron chi connectivity index (χ3n) is 2.15. The Hall–Kier alpha value is -1.84. The number of carbonyl (C=O) groups excluding carboxylic acids is 2. The topological polar surface area (TPSA) is 58.2 Å². The molecule has 86 valence electrons. The zero-order chi connectivity index (χ0) is 12.1. The predicted molar refractivity (Wildman–Crippen MR) is 63.0 cm³/mol. The van der Waals surface area contributed by atoms with Gasteiger partial charge in [0.2, 0.25) is 11.8 Å². The first kappa shape index (κ1) is 12.2. The van der Waals surface area contributed by atoms with Crippen LogP contribution in [0.4, 0.5) is 5.69 Å². The Morgan fingerprint density at radius 1 is 1.06 bits per heavy atom. The molecular weight excluding hydrogens is 204 g/mol. The standard InChI is InChI=1S/C12H16N2O2/c1-8(13-9(2)15)11-4-6-12(7-5-11)14-10(3)16/h4-8H,1-3H3,(H,13,15)(H,14,16)/t8-/m1/s1. The maximum Gasteiger partial charge on any atom is 0.221 e. The average Bonchev–Trinajstić information content (AvgIpc) is 2.16. The summed E-state index contributed by atoms with van der Waals surface area (Å²) in [4.78, 5) is 21.7. The number of hydrogen-bond acceptors (Lipinski definition) is 2. The van der Waals surface area contributed by atoms with E-state index in [1.165, 1.54) is 13.8 Å². The van der Waals surface area contributed by atoms with Crippen molar-refractivity contribution < 1.29 is 9.59 Å². The van der Waals surface area contributed by atoms with Crippen LogP contribution in [0.25, 0.3) is 0 Å². The minimum atomic E-state index is -0.0948. The third-order valence-corrected chi connectivity index (χ3v) is 2.15. The smallest absolute Gasteiger partial charge is 0.221 e. The summed E-state index contributed by atoms with van der Waals surface area (Å²) in [6.07, 6.45) is 0. The minimum absolute atomic E-state index is 0.0242. The lowest BCUT2D eigenvalue weighted by atomic mass is 10.1.